The molecule has 1 aromatic carbocycles. The van der Waals surface area contributed by atoms with Crippen LogP contribution in [0.4, 0.5) is 0 Å². The molecule has 0 unspecified atom stereocenters. The molecule has 15 heavy (non-hydrogen) atoms. The first-order valence-corrected chi connectivity index (χ1v) is 5.97. The Hall–Kier alpha value is -0.610. The third-order valence-electron chi connectivity index (χ3n) is 1.89. The van der Waals surface area contributed by atoms with Gasteiger partial charge in [-0.05, 0) is 24.6 Å². The van der Waals surface area contributed by atoms with Crippen molar-refractivity contribution in [2.24, 2.45) is 0 Å². The normalized spacial score (nSPS) is 9.80. The van der Waals surface area contributed by atoms with Crippen molar-refractivity contribution >= 4 is 37.8 Å². The van der Waals surface area contributed by atoms with E-state index in [9.17, 15) is 4.79 Å². The lowest BCUT2D eigenvalue weighted by Gasteiger charge is -2.07. The minimum atomic E-state index is -0.0885. The molecule has 0 radical (unpaired) electrons. The van der Waals surface area contributed by atoms with Crippen molar-refractivity contribution in [3.63, 3.8) is 0 Å². The fourth-order valence-corrected chi connectivity index (χ4v) is 1.61. The van der Waals surface area contributed by atoms with Crippen LogP contribution in [-0.4, -0.2) is 12.5 Å². The number of carbonyl (C=O) groups excluding carboxylic acids is 1. The average Bonchev–Trinajstić information content (AvgIpc) is 2.18. The van der Waals surface area contributed by atoms with Gasteiger partial charge in [-0.2, -0.15) is 0 Å². The summed E-state index contributed by atoms with van der Waals surface area (Å²) in [5.74, 6) is -0.0885. The number of amides is 1. The van der Waals surface area contributed by atoms with Gasteiger partial charge in [0.1, 0.15) is 0 Å². The topological polar surface area (TPSA) is 29.1 Å². The van der Waals surface area contributed by atoms with Crippen molar-refractivity contribution < 1.29 is 4.79 Å². The summed E-state index contributed by atoms with van der Waals surface area (Å²) in [6, 6.07) is 5.62. The van der Waals surface area contributed by atoms with Crippen molar-refractivity contribution in [1.82, 2.24) is 5.32 Å². The van der Waals surface area contributed by atoms with Crippen LogP contribution in [0.5, 0.6) is 0 Å². The highest BCUT2D eigenvalue weighted by molar-refractivity contribution is 9.11. The largest absolute Gasteiger partial charge is 0.347 e. The van der Waals surface area contributed by atoms with Crippen molar-refractivity contribution in [2.75, 3.05) is 6.54 Å². The summed E-state index contributed by atoms with van der Waals surface area (Å²) in [6.07, 6.45) is 0. The molecule has 1 N–H and O–H groups in total. The second-order valence-corrected chi connectivity index (χ2v) is 5.20. The lowest BCUT2D eigenvalue weighted by atomic mass is 10.1. The Morgan fingerprint density at radius 2 is 2.20 bits per heavy atom. The minimum absolute atomic E-state index is 0.0885. The van der Waals surface area contributed by atoms with E-state index in [2.05, 4.69) is 43.8 Å². The molecule has 0 saturated heterocycles. The van der Waals surface area contributed by atoms with E-state index in [4.69, 9.17) is 0 Å². The first-order chi connectivity index (χ1) is 7.00. The molecular weight excluding hydrogens is 322 g/mol. The van der Waals surface area contributed by atoms with Gasteiger partial charge < -0.3 is 5.32 Å². The van der Waals surface area contributed by atoms with Crippen LogP contribution in [0.3, 0.4) is 0 Å². The fourth-order valence-electron chi connectivity index (χ4n) is 1.11. The number of halogens is 2. The summed E-state index contributed by atoms with van der Waals surface area (Å²) in [5, 5.41) is 2.76. The summed E-state index contributed by atoms with van der Waals surface area (Å²) in [7, 11) is 0. The number of aryl methyl sites for hydroxylation is 1. The van der Waals surface area contributed by atoms with E-state index in [1.165, 1.54) is 0 Å². The van der Waals surface area contributed by atoms with E-state index in [-0.39, 0.29) is 5.91 Å². The molecular formula is C11H11Br2NO. The van der Waals surface area contributed by atoms with Gasteiger partial charge in [0.05, 0.1) is 0 Å². The zero-order valence-electron chi connectivity index (χ0n) is 8.31. The van der Waals surface area contributed by atoms with Crippen LogP contribution >= 0.6 is 31.9 Å². The van der Waals surface area contributed by atoms with Gasteiger partial charge in [-0.25, -0.2) is 0 Å². The zero-order chi connectivity index (χ0) is 11.4. The molecule has 4 heteroatoms. The molecule has 80 valence electrons. The van der Waals surface area contributed by atoms with Crippen molar-refractivity contribution in [3.05, 3.63) is 44.9 Å². The van der Waals surface area contributed by atoms with E-state index in [1.807, 2.05) is 25.1 Å². The molecule has 0 spiro atoms. The Kier molecular flexibility index (Phi) is 4.54. The van der Waals surface area contributed by atoms with Crippen LogP contribution in [0, 0.1) is 6.92 Å². The minimum Gasteiger partial charge on any atom is -0.347 e. The highest BCUT2D eigenvalue weighted by Crippen LogP contribution is 2.16. The van der Waals surface area contributed by atoms with Gasteiger partial charge >= 0.3 is 0 Å². The molecule has 0 saturated carbocycles. The second-order valence-electron chi connectivity index (χ2n) is 3.16. The maximum absolute atomic E-state index is 11.7. The third kappa shape index (κ3) is 3.80. The van der Waals surface area contributed by atoms with Crippen LogP contribution in [0.2, 0.25) is 0 Å². The van der Waals surface area contributed by atoms with Gasteiger partial charge in [0.15, 0.2) is 0 Å². The Labute approximate surface area is 106 Å². The van der Waals surface area contributed by atoms with E-state index in [0.29, 0.717) is 12.1 Å². The van der Waals surface area contributed by atoms with Gasteiger partial charge in [-0.1, -0.05) is 44.5 Å². The molecule has 1 rings (SSSR count). The molecule has 1 amide bonds. The molecule has 2 nitrogen and oxygen atoms in total. The smallest absolute Gasteiger partial charge is 0.251 e. The number of carbonyl (C=O) groups is 1. The van der Waals surface area contributed by atoms with E-state index < -0.39 is 0 Å². The number of hydrogen-bond donors (Lipinski definition) is 1. The standard InChI is InChI=1S/C11H11Br2NO/c1-7-3-4-9(13)5-10(7)11(15)14-6-8(2)12/h3-5H,2,6H2,1H3,(H,14,15). The molecule has 0 aromatic heterocycles. The number of hydrogen-bond acceptors (Lipinski definition) is 1. The Balaban J connectivity index is 2.81. The number of benzene rings is 1. The van der Waals surface area contributed by atoms with Gasteiger partial charge in [0.25, 0.3) is 5.91 Å². The quantitative estimate of drug-likeness (QED) is 0.903. The molecule has 0 heterocycles. The molecule has 0 aliphatic heterocycles. The van der Waals surface area contributed by atoms with E-state index in [1.54, 1.807) is 0 Å². The molecule has 0 aliphatic carbocycles. The summed E-state index contributed by atoms with van der Waals surface area (Å²) in [4.78, 5) is 11.7. The summed E-state index contributed by atoms with van der Waals surface area (Å²) in [6.45, 7) is 6.00. The summed E-state index contributed by atoms with van der Waals surface area (Å²) >= 11 is 6.53. The molecule has 0 fully saturated rings. The SMILES string of the molecule is C=C(Br)CNC(=O)c1cc(Br)ccc1C. The summed E-state index contributed by atoms with van der Waals surface area (Å²) < 4.78 is 1.65. The maximum atomic E-state index is 11.7. The van der Waals surface area contributed by atoms with Crippen LogP contribution < -0.4 is 5.32 Å². The zero-order valence-corrected chi connectivity index (χ0v) is 11.5. The van der Waals surface area contributed by atoms with Crippen LogP contribution in [0.15, 0.2) is 33.7 Å². The van der Waals surface area contributed by atoms with Gasteiger partial charge in [0, 0.05) is 21.1 Å². The monoisotopic (exact) mass is 331 g/mol. The number of nitrogens with one attached hydrogen (secondary N) is 1. The molecule has 0 aliphatic rings. The summed E-state index contributed by atoms with van der Waals surface area (Å²) in [5.41, 5.74) is 1.63. The van der Waals surface area contributed by atoms with Gasteiger partial charge in [-0.15, -0.1) is 0 Å². The predicted octanol–water partition coefficient (Wildman–Crippen LogP) is 3.40. The van der Waals surface area contributed by atoms with Gasteiger partial charge in [-0.3, -0.25) is 4.79 Å². The van der Waals surface area contributed by atoms with Crippen molar-refractivity contribution in [2.45, 2.75) is 6.92 Å². The lowest BCUT2D eigenvalue weighted by Crippen LogP contribution is -2.25. The fraction of sp³-hybridized carbons (Fsp3) is 0.182. The van der Waals surface area contributed by atoms with Crippen LogP contribution in [0.25, 0.3) is 0 Å². The van der Waals surface area contributed by atoms with E-state index in [0.717, 1.165) is 14.5 Å². The van der Waals surface area contributed by atoms with E-state index >= 15 is 0 Å². The van der Waals surface area contributed by atoms with Crippen LogP contribution in [0.1, 0.15) is 15.9 Å². The van der Waals surface area contributed by atoms with Gasteiger partial charge in [0.2, 0.25) is 0 Å². The van der Waals surface area contributed by atoms with Crippen LogP contribution in [-0.2, 0) is 0 Å². The lowest BCUT2D eigenvalue weighted by molar-refractivity contribution is 0.0957. The second kappa shape index (κ2) is 5.47. The highest BCUT2D eigenvalue weighted by atomic mass is 79.9. The third-order valence-corrected chi connectivity index (χ3v) is 2.66. The Bertz CT molecular complexity index is 402. The number of rotatable bonds is 3. The Morgan fingerprint density at radius 3 is 2.80 bits per heavy atom. The maximum Gasteiger partial charge on any atom is 0.251 e. The first-order valence-electron chi connectivity index (χ1n) is 4.38. The van der Waals surface area contributed by atoms with Crippen molar-refractivity contribution in [3.8, 4) is 0 Å². The molecule has 1 aromatic rings. The highest BCUT2D eigenvalue weighted by Gasteiger charge is 2.08. The predicted molar refractivity (Wildman–Crippen MR) is 69.3 cm³/mol. The van der Waals surface area contributed by atoms with Crippen molar-refractivity contribution in [1.29, 1.82) is 0 Å². The first kappa shape index (κ1) is 12.5. The Morgan fingerprint density at radius 1 is 1.53 bits per heavy atom. The average molecular weight is 333 g/mol. The molecule has 0 atom stereocenters. The molecule has 0 bridgehead atoms.